The van der Waals surface area contributed by atoms with Crippen LogP contribution in [0.5, 0.6) is 0 Å². The maximum atomic E-state index is 10.5. The molecule has 0 spiro atoms. The molecular weight excluding hydrogens is 137 g/mol. The molecule has 1 unspecified atom stereocenters. The van der Waals surface area contributed by atoms with Crippen molar-refractivity contribution in [1.29, 1.82) is 0 Å². The van der Waals surface area contributed by atoms with E-state index < -0.39 is 0 Å². The zero-order valence-corrected chi connectivity index (χ0v) is 6.52. The molecule has 2 N–H and O–H groups in total. The fourth-order valence-electron chi connectivity index (χ4n) is 0.438. The third-order valence-electron chi connectivity index (χ3n) is 0.907. The molecule has 3 nitrogen and oxygen atoms in total. The Labute approximate surface area is 56.9 Å². The van der Waals surface area contributed by atoms with E-state index in [2.05, 4.69) is 4.52 Å². The Bertz CT molecular complexity index is 87.0. The molecule has 0 aromatic rings. The van der Waals surface area contributed by atoms with Crippen LogP contribution in [0.4, 0.5) is 0 Å². The summed E-state index contributed by atoms with van der Waals surface area (Å²) in [7, 11) is -0.200. The molecule has 0 bridgehead atoms. The largest absolute Gasteiger partial charge is 0.432 e. The van der Waals surface area contributed by atoms with Crippen molar-refractivity contribution in [2.24, 2.45) is 5.50 Å². The second-order valence-corrected chi connectivity index (χ2v) is 2.14. The molecule has 0 saturated heterocycles. The van der Waals surface area contributed by atoms with Gasteiger partial charge in [-0.25, -0.2) is 0 Å². The molecule has 1 atom stereocenters. The lowest BCUT2D eigenvalue weighted by Crippen LogP contribution is -1.98. The van der Waals surface area contributed by atoms with Crippen molar-refractivity contribution in [3.05, 3.63) is 0 Å². The van der Waals surface area contributed by atoms with Crippen molar-refractivity contribution in [1.82, 2.24) is 0 Å². The highest BCUT2D eigenvalue weighted by atomic mass is 31.1. The first-order valence-corrected chi connectivity index (χ1v) is 3.95. The Kier molecular flexibility index (Phi) is 5.89. The molecular formula is C5H12NO2P. The summed E-state index contributed by atoms with van der Waals surface area (Å²) in [6.07, 6.45) is 2.41. The molecule has 0 amide bonds. The van der Waals surface area contributed by atoms with Gasteiger partial charge in [0, 0.05) is 6.42 Å². The van der Waals surface area contributed by atoms with Crippen molar-refractivity contribution in [2.75, 3.05) is 0 Å². The summed E-state index contributed by atoms with van der Waals surface area (Å²) in [6.45, 7) is 2.03. The van der Waals surface area contributed by atoms with Crippen LogP contribution >= 0.6 is 8.96 Å². The first kappa shape index (κ1) is 8.86. The summed E-state index contributed by atoms with van der Waals surface area (Å²) in [5.41, 5.74) is 4.99. The third kappa shape index (κ3) is 5.74. The lowest BCUT2D eigenvalue weighted by Gasteiger charge is -1.97. The molecule has 0 aliphatic carbocycles. The number of unbranched alkanes of at least 4 members (excludes halogenated alkanes) is 1. The maximum Gasteiger partial charge on any atom is 0.309 e. The zero-order chi connectivity index (χ0) is 7.11. The molecule has 0 radical (unpaired) electrons. The molecule has 0 aliphatic rings. The Balaban J connectivity index is 3.06. The normalized spacial score (nSPS) is 10.4. The fourth-order valence-corrected chi connectivity index (χ4v) is 0.671. The van der Waals surface area contributed by atoms with Crippen molar-refractivity contribution in [3.63, 3.8) is 0 Å². The van der Waals surface area contributed by atoms with Crippen molar-refractivity contribution in [3.8, 4) is 0 Å². The van der Waals surface area contributed by atoms with Gasteiger partial charge in [0.25, 0.3) is 0 Å². The minimum absolute atomic E-state index is 0.183. The lowest BCUT2D eigenvalue weighted by molar-refractivity contribution is -0.133. The van der Waals surface area contributed by atoms with Crippen LogP contribution in [0.15, 0.2) is 0 Å². The summed E-state index contributed by atoms with van der Waals surface area (Å²) < 4.78 is 4.51. The lowest BCUT2D eigenvalue weighted by atomic mass is 10.3. The van der Waals surface area contributed by atoms with Crippen LogP contribution in [-0.2, 0) is 9.32 Å². The topological polar surface area (TPSA) is 52.3 Å². The molecule has 9 heavy (non-hydrogen) atoms. The Morgan fingerprint density at radius 3 is 2.89 bits per heavy atom. The van der Waals surface area contributed by atoms with Crippen LogP contribution in [0, 0.1) is 0 Å². The van der Waals surface area contributed by atoms with Gasteiger partial charge in [-0.3, -0.25) is 10.3 Å². The molecule has 0 rings (SSSR count). The predicted molar refractivity (Wildman–Crippen MR) is 38.1 cm³/mol. The molecule has 0 saturated carbocycles. The average molecular weight is 149 g/mol. The van der Waals surface area contributed by atoms with Crippen molar-refractivity contribution < 1.29 is 9.32 Å². The van der Waals surface area contributed by atoms with E-state index in [0.717, 1.165) is 12.8 Å². The van der Waals surface area contributed by atoms with E-state index in [1.54, 1.807) is 0 Å². The van der Waals surface area contributed by atoms with Crippen LogP contribution in [-0.4, -0.2) is 5.97 Å². The molecule has 0 aromatic carbocycles. The fraction of sp³-hybridized carbons (Fsp3) is 0.800. The van der Waals surface area contributed by atoms with Crippen molar-refractivity contribution in [2.45, 2.75) is 26.2 Å². The Morgan fingerprint density at radius 1 is 1.78 bits per heavy atom. The van der Waals surface area contributed by atoms with Gasteiger partial charge in [-0.15, -0.1) is 0 Å². The smallest absolute Gasteiger partial charge is 0.309 e. The average Bonchev–Trinajstić information content (AvgIpc) is 1.85. The van der Waals surface area contributed by atoms with Crippen LogP contribution in [0.3, 0.4) is 0 Å². The summed E-state index contributed by atoms with van der Waals surface area (Å²) in [5.74, 6) is -0.183. The van der Waals surface area contributed by atoms with Gasteiger partial charge < -0.3 is 4.52 Å². The van der Waals surface area contributed by atoms with Gasteiger partial charge in [-0.05, 0) is 6.42 Å². The monoisotopic (exact) mass is 149 g/mol. The van der Waals surface area contributed by atoms with E-state index in [1.807, 2.05) is 6.92 Å². The summed E-state index contributed by atoms with van der Waals surface area (Å²) in [6, 6.07) is 0. The summed E-state index contributed by atoms with van der Waals surface area (Å²) in [4.78, 5) is 10.5. The number of hydrogen-bond acceptors (Lipinski definition) is 3. The highest BCUT2D eigenvalue weighted by Gasteiger charge is 1.97. The molecule has 0 aromatic heterocycles. The zero-order valence-electron chi connectivity index (χ0n) is 5.52. The quantitative estimate of drug-likeness (QED) is 0.611. The second kappa shape index (κ2) is 5.99. The highest BCUT2D eigenvalue weighted by Crippen LogP contribution is 2.04. The number of rotatable bonds is 4. The predicted octanol–water partition coefficient (Wildman–Crippen LogP) is 1.19. The molecule has 0 heterocycles. The van der Waals surface area contributed by atoms with E-state index in [1.165, 1.54) is 0 Å². The highest BCUT2D eigenvalue weighted by molar-refractivity contribution is 7.29. The van der Waals surface area contributed by atoms with Gasteiger partial charge in [-0.1, -0.05) is 13.3 Å². The van der Waals surface area contributed by atoms with Crippen molar-refractivity contribution >= 4 is 14.9 Å². The standard InChI is InChI=1S/C5H12NO2P/c1-2-3-4-5(7)8-9-6/h9H,2-4,6H2,1H3. The van der Waals surface area contributed by atoms with E-state index in [4.69, 9.17) is 5.50 Å². The molecule has 54 valence electrons. The van der Waals surface area contributed by atoms with E-state index in [-0.39, 0.29) is 14.9 Å². The van der Waals surface area contributed by atoms with E-state index in [0.29, 0.717) is 6.42 Å². The van der Waals surface area contributed by atoms with Gasteiger partial charge in [0.2, 0.25) is 0 Å². The first-order valence-electron chi connectivity index (χ1n) is 2.96. The van der Waals surface area contributed by atoms with Crippen LogP contribution in [0.1, 0.15) is 26.2 Å². The molecule has 4 heteroatoms. The van der Waals surface area contributed by atoms with Gasteiger partial charge in [-0.2, -0.15) is 0 Å². The third-order valence-corrected chi connectivity index (χ3v) is 1.25. The summed E-state index contributed by atoms with van der Waals surface area (Å²) in [5, 5.41) is 0. The SMILES string of the molecule is CCCCC(=O)OPN. The van der Waals surface area contributed by atoms with Gasteiger partial charge in [0.1, 0.15) is 8.96 Å². The van der Waals surface area contributed by atoms with Gasteiger partial charge >= 0.3 is 5.97 Å². The van der Waals surface area contributed by atoms with Gasteiger partial charge in [0.15, 0.2) is 0 Å². The maximum absolute atomic E-state index is 10.5. The number of carbonyl (C=O) groups excluding carboxylic acids is 1. The number of nitrogens with two attached hydrogens (primary N) is 1. The molecule has 0 fully saturated rings. The minimum Gasteiger partial charge on any atom is -0.432 e. The Hall–Kier alpha value is -0.140. The molecule has 0 aliphatic heterocycles. The number of carbonyl (C=O) groups is 1. The Morgan fingerprint density at radius 2 is 2.44 bits per heavy atom. The van der Waals surface area contributed by atoms with Crippen LogP contribution in [0.2, 0.25) is 0 Å². The van der Waals surface area contributed by atoms with E-state index in [9.17, 15) is 4.79 Å². The van der Waals surface area contributed by atoms with Crippen LogP contribution < -0.4 is 5.50 Å². The minimum atomic E-state index is -0.200. The number of hydrogen-bond donors (Lipinski definition) is 1. The van der Waals surface area contributed by atoms with E-state index >= 15 is 0 Å². The van der Waals surface area contributed by atoms with Crippen LogP contribution in [0.25, 0.3) is 0 Å². The van der Waals surface area contributed by atoms with Gasteiger partial charge in [0.05, 0.1) is 0 Å². The summed E-state index contributed by atoms with van der Waals surface area (Å²) >= 11 is 0. The first-order chi connectivity index (χ1) is 4.31. The second-order valence-electron chi connectivity index (χ2n) is 1.70.